The summed E-state index contributed by atoms with van der Waals surface area (Å²) in [4.78, 5) is 14.4. The molecule has 0 radical (unpaired) electrons. The van der Waals surface area contributed by atoms with Crippen molar-refractivity contribution < 1.29 is 22.7 Å². The van der Waals surface area contributed by atoms with Gasteiger partial charge in [-0.15, -0.1) is 0 Å². The second-order valence-corrected chi connectivity index (χ2v) is 9.94. The van der Waals surface area contributed by atoms with E-state index in [0.717, 1.165) is 0 Å². The van der Waals surface area contributed by atoms with Gasteiger partial charge in [-0.2, -0.15) is 4.31 Å². The first-order chi connectivity index (χ1) is 14.8. The minimum absolute atomic E-state index is 0.126. The molecule has 0 bridgehead atoms. The lowest BCUT2D eigenvalue weighted by Crippen LogP contribution is -2.50. The fraction of sp³-hybridized carbons (Fsp3) is 0.350. The molecular formula is C20H21Cl2N3O5S. The lowest BCUT2D eigenvalue weighted by atomic mass is 10.3. The molecule has 166 valence electrons. The third kappa shape index (κ3) is 5.07. The summed E-state index contributed by atoms with van der Waals surface area (Å²) in [6, 6.07) is 9.47. The maximum absolute atomic E-state index is 13.0. The highest BCUT2D eigenvalue weighted by atomic mass is 35.5. The van der Waals surface area contributed by atoms with Crippen LogP contribution < -0.4 is 14.8 Å². The van der Waals surface area contributed by atoms with Gasteiger partial charge in [-0.25, -0.2) is 8.42 Å². The zero-order chi connectivity index (χ0) is 22.0. The van der Waals surface area contributed by atoms with E-state index in [1.165, 1.54) is 16.4 Å². The van der Waals surface area contributed by atoms with Gasteiger partial charge >= 0.3 is 0 Å². The van der Waals surface area contributed by atoms with Gasteiger partial charge in [0, 0.05) is 37.3 Å². The van der Waals surface area contributed by atoms with E-state index < -0.39 is 10.0 Å². The molecule has 1 N–H and O–H groups in total. The van der Waals surface area contributed by atoms with Crippen molar-refractivity contribution in [1.29, 1.82) is 0 Å². The van der Waals surface area contributed by atoms with E-state index >= 15 is 0 Å². The standard InChI is InChI=1S/C20H21Cl2N3O5S/c21-14-1-3-16(22)17(11-14)23-20(26)13-24-5-7-25(8-6-24)31(27,28)15-2-4-18-19(12-15)30-10-9-29-18/h1-4,11-12H,5-10,13H2,(H,23,26). The maximum atomic E-state index is 13.0. The first kappa shape index (κ1) is 22.2. The molecule has 11 heteroatoms. The highest BCUT2D eigenvalue weighted by molar-refractivity contribution is 7.89. The van der Waals surface area contributed by atoms with Crippen LogP contribution in [0.4, 0.5) is 5.69 Å². The number of benzene rings is 2. The zero-order valence-corrected chi connectivity index (χ0v) is 18.8. The molecule has 2 aromatic rings. The van der Waals surface area contributed by atoms with E-state index in [1.807, 2.05) is 4.90 Å². The topological polar surface area (TPSA) is 88.2 Å². The molecule has 1 fully saturated rings. The summed E-state index contributed by atoms with van der Waals surface area (Å²) in [5, 5.41) is 3.61. The van der Waals surface area contributed by atoms with Gasteiger partial charge in [-0.3, -0.25) is 9.69 Å². The fourth-order valence-electron chi connectivity index (χ4n) is 3.45. The predicted molar refractivity (Wildman–Crippen MR) is 118 cm³/mol. The normalized spacial score (nSPS) is 17.4. The Kier molecular flexibility index (Phi) is 6.59. The quantitative estimate of drug-likeness (QED) is 0.700. The Hall–Kier alpha value is -2.04. The number of rotatable bonds is 5. The minimum atomic E-state index is -3.67. The lowest BCUT2D eigenvalue weighted by Gasteiger charge is -2.33. The minimum Gasteiger partial charge on any atom is -0.486 e. The van der Waals surface area contributed by atoms with Gasteiger partial charge in [-0.1, -0.05) is 23.2 Å². The van der Waals surface area contributed by atoms with Gasteiger partial charge in [0.15, 0.2) is 11.5 Å². The van der Waals surface area contributed by atoms with Gasteiger partial charge in [0.1, 0.15) is 13.2 Å². The van der Waals surface area contributed by atoms with Crippen LogP contribution in [-0.2, 0) is 14.8 Å². The second kappa shape index (κ2) is 9.22. The number of sulfonamides is 1. The molecule has 8 nitrogen and oxygen atoms in total. The number of nitrogens with zero attached hydrogens (tertiary/aromatic N) is 2. The van der Waals surface area contributed by atoms with E-state index in [0.29, 0.717) is 53.5 Å². The molecule has 0 saturated carbocycles. The SMILES string of the molecule is O=C(CN1CCN(S(=O)(=O)c2ccc3c(c2)OCCO3)CC1)Nc1cc(Cl)ccc1Cl. The van der Waals surface area contributed by atoms with Crippen molar-refractivity contribution in [3.8, 4) is 11.5 Å². The number of fused-ring (bicyclic) bond motifs is 1. The number of carbonyl (C=O) groups excluding carboxylic acids is 1. The predicted octanol–water partition coefficient (Wildman–Crippen LogP) is 2.71. The second-order valence-electron chi connectivity index (χ2n) is 7.16. The summed E-state index contributed by atoms with van der Waals surface area (Å²) in [6.07, 6.45) is 0. The van der Waals surface area contributed by atoms with E-state index in [1.54, 1.807) is 24.3 Å². The van der Waals surface area contributed by atoms with Crippen LogP contribution in [0.25, 0.3) is 0 Å². The highest BCUT2D eigenvalue weighted by Crippen LogP contribution is 2.33. The van der Waals surface area contributed by atoms with Crippen molar-refractivity contribution in [3.63, 3.8) is 0 Å². The van der Waals surface area contributed by atoms with Crippen molar-refractivity contribution in [2.45, 2.75) is 4.90 Å². The Morgan fingerprint density at radius 2 is 1.68 bits per heavy atom. The molecule has 1 saturated heterocycles. The molecule has 2 aliphatic rings. The summed E-state index contributed by atoms with van der Waals surface area (Å²) < 4.78 is 38.4. The molecule has 1 amide bonds. The molecule has 0 aromatic heterocycles. The van der Waals surface area contributed by atoms with Crippen molar-refractivity contribution in [2.75, 3.05) is 51.3 Å². The van der Waals surface area contributed by atoms with Gasteiger partial charge in [0.2, 0.25) is 15.9 Å². The van der Waals surface area contributed by atoms with Crippen LogP contribution in [0.5, 0.6) is 11.5 Å². The van der Waals surface area contributed by atoms with Gasteiger partial charge in [-0.05, 0) is 30.3 Å². The van der Waals surface area contributed by atoms with Crippen LogP contribution in [0.3, 0.4) is 0 Å². The molecule has 0 atom stereocenters. The van der Waals surface area contributed by atoms with E-state index in [2.05, 4.69) is 5.32 Å². The Morgan fingerprint density at radius 1 is 0.968 bits per heavy atom. The summed E-state index contributed by atoms with van der Waals surface area (Å²) in [7, 11) is -3.67. The fourth-order valence-corrected chi connectivity index (χ4v) is 5.22. The molecule has 0 aliphatic carbocycles. The third-order valence-electron chi connectivity index (χ3n) is 5.05. The van der Waals surface area contributed by atoms with E-state index in [4.69, 9.17) is 32.7 Å². The third-order valence-corrected chi connectivity index (χ3v) is 7.51. The number of hydrogen-bond donors (Lipinski definition) is 1. The summed E-state index contributed by atoms with van der Waals surface area (Å²) >= 11 is 12.0. The molecule has 4 rings (SSSR count). The van der Waals surface area contributed by atoms with Gasteiger partial charge in [0.25, 0.3) is 0 Å². The molecule has 31 heavy (non-hydrogen) atoms. The summed E-state index contributed by atoms with van der Waals surface area (Å²) in [5.41, 5.74) is 0.444. The number of anilines is 1. The maximum Gasteiger partial charge on any atom is 0.243 e. The smallest absolute Gasteiger partial charge is 0.243 e. The van der Waals surface area contributed by atoms with E-state index in [9.17, 15) is 13.2 Å². The summed E-state index contributed by atoms with van der Waals surface area (Å²) in [5.74, 6) is 0.732. The highest BCUT2D eigenvalue weighted by Gasteiger charge is 2.30. The Labute approximate surface area is 190 Å². The lowest BCUT2D eigenvalue weighted by molar-refractivity contribution is -0.117. The Bertz CT molecular complexity index is 1090. The largest absolute Gasteiger partial charge is 0.486 e. The Morgan fingerprint density at radius 3 is 2.42 bits per heavy atom. The number of piperazine rings is 1. The molecule has 2 heterocycles. The van der Waals surface area contributed by atoms with Crippen molar-refractivity contribution in [1.82, 2.24) is 9.21 Å². The molecular weight excluding hydrogens is 465 g/mol. The Balaban J connectivity index is 1.35. The summed E-state index contributed by atoms with van der Waals surface area (Å²) in [6.45, 7) is 2.38. The van der Waals surface area contributed by atoms with Gasteiger partial charge in [0.05, 0.1) is 22.2 Å². The van der Waals surface area contributed by atoms with Crippen LogP contribution in [-0.4, -0.2) is 69.5 Å². The molecule has 2 aromatic carbocycles. The number of amides is 1. The van der Waals surface area contributed by atoms with Crippen LogP contribution >= 0.6 is 23.2 Å². The zero-order valence-electron chi connectivity index (χ0n) is 16.5. The molecule has 2 aliphatic heterocycles. The van der Waals surface area contributed by atoms with Crippen molar-refractivity contribution in [3.05, 3.63) is 46.4 Å². The van der Waals surface area contributed by atoms with Gasteiger partial charge < -0.3 is 14.8 Å². The molecule has 0 spiro atoms. The van der Waals surface area contributed by atoms with Crippen LogP contribution in [0, 0.1) is 0 Å². The number of ether oxygens (including phenoxy) is 2. The molecule has 0 unspecified atom stereocenters. The van der Waals surface area contributed by atoms with Crippen LogP contribution in [0.15, 0.2) is 41.3 Å². The van der Waals surface area contributed by atoms with E-state index in [-0.39, 0.29) is 30.4 Å². The first-order valence-electron chi connectivity index (χ1n) is 9.70. The van der Waals surface area contributed by atoms with Crippen molar-refractivity contribution >= 4 is 44.8 Å². The monoisotopic (exact) mass is 485 g/mol. The number of halogens is 2. The average Bonchev–Trinajstić information content (AvgIpc) is 2.76. The average molecular weight is 486 g/mol. The number of nitrogens with one attached hydrogen (secondary N) is 1. The van der Waals surface area contributed by atoms with Crippen LogP contribution in [0.1, 0.15) is 0 Å². The number of hydrogen-bond acceptors (Lipinski definition) is 6. The number of carbonyl (C=O) groups is 1. The first-order valence-corrected chi connectivity index (χ1v) is 11.9. The van der Waals surface area contributed by atoms with Crippen LogP contribution in [0.2, 0.25) is 10.0 Å². The van der Waals surface area contributed by atoms with Crippen molar-refractivity contribution in [2.24, 2.45) is 0 Å².